The zero-order valence-corrected chi connectivity index (χ0v) is 6.09. The molecule has 1 aromatic rings. The third-order valence-electron chi connectivity index (χ3n) is 1.07. The fourth-order valence-corrected chi connectivity index (χ4v) is 0.759. The molecule has 5 heteroatoms. The maximum absolute atomic E-state index is 12.8. The molecular weight excluding hydrogens is 171 g/mol. The number of hydrogen-bond acceptors (Lipinski definition) is 3. The van der Waals surface area contributed by atoms with Crippen LogP contribution in [0.1, 0.15) is 5.56 Å². The average Bonchev–Trinajstić information content (AvgIpc) is 1.99. The van der Waals surface area contributed by atoms with Crippen LogP contribution in [-0.2, 0) is 0 Å². The van der Waals surface area contributed by atoms with Crippen LogP contribution in [0.15, 0.2) is 17.4 Å². The molecule has 1 aromatic heterocycles. The van der Waals surface area contributed by atoms with Gasteiger partial charge in [-0.2, -0.15) is 0 Å². The first-order chi connectivity index (χ1) is 5.25. The van der Waals surface area contributed by atoms with Crippen LogP contribution in [0.4, 0.5) is 4.39 Å². The highest BCUT2D eigenvalue weighted by Crippen LogP contribution is 2.12. The van der Waals surface area contributed by atoms with E-state index in [2.05, 4.69) is 10.1 Å². The first-order valence-electron chi connectivity index (χ1n) is 2.73. The van der Waals surface area contributed by atoms with Gasteiger partial charge in [0, 0.05) is 11.8 Å². The number of pyridine rings is 1. The number of rotatable bonds is 1. The molecule has 0 spiro atoms. The lowest BCUT2D eigenvalue weighted by Crippen LogP contribution is -1.90. The number of hydrogen-bond donors (Lipinski definition) is 1. The van der Waals surface area contributed by atoms with E-state index in [1.54, 1.807) is 0 Å². The zero-order chi connectivity index (χ0) is 8.27. The largest absolute Gasteiger partial charge is 0.411 e. The Labute approximate surface area is 67.1 Å². The molecule has 1 heterocycles. The fourth-order valence-electron chi connectivity index (χ4n) is 0.594. The summed E-state index contributed by atoms with van der Waals surface area (Å²) in [6.07, 6.45) is 2.27. The van der Waals surface area contributed by atoms with Crippen LogP contribution >= 0.6 is 11.6 Å². The summed E-state index contributed by atoms with van der Waals surface area (Å²) in [5.74, 6) is -0.688. The van der Waals surface area contributed by atoms with E-state index in [1.807, 2.05) is 0 Å². The molecule has 0 atom stereocenters. The Bertz CT molecular complexity index is 290. The molecule has 0 aliphatic heterocycles. The van der Waals surface area contributed by atoms with Crippen LogP contribution in [0.3, 0.4) is 0 Å². The second-order valence-corrected chi connectivity index (χ2v) is 2.11. The SMILES string of the molecule is O/N=C/c1ccnc(Cl)c1F. The van der Waals surface area contributed by atoms with E-state index >= 15 is 0 Å². The Morgan fingerprint density at radius 1 is 1.73 bits per heavy atom. The van der Waals surface area contributed by atoms with Crippen molar-refractivity contribution in [1.29, 1.82) is 0 Å². The molecule has 0 saturated carbocycles. The molecule has 0 aliphatic rings. The maximum Gasteiger partial charge on any atom is 0.169 e. The normalized spacial score (nSPS) is 10.7. The second kappa shape index (κ2) is 3.30. The van der Waals surface area contributed by atoms with Crippen LogP contribution < -0.4 is 0 Å². The Morgan fingerprint density at radius 2 is 2.45 bits per heavy atom. The van der Waals surface area contributed by atoms with Crippen LogP contribution in [0, 0.1) is 5.82 Å². The molecular formula is C6H4ClFN2O. The molecule has 0 unspecified atom stereocenters. The summed E-state index contributed by atoms with van der Waals surface area (Å²) in [4.78, 5) is 3.47. The average molecular weight is 175 g/mol. The van der Waals surface area contributed by atoms with Gasteiger partial charge >= 0.3 is 0 Å². The predicted molar refractivity (Wildman–Crippen MR) is 38.6 cm³/mol. The number of oxime groups is 1. The summed E-state index contributed by atoms with van der Waals surface area (Å²) in [6, 6.07) is 1.35. The molecule has 0 fully saturated rings. The lowest BCUT2D eigenvalue weighted by Gasteiger charge is -1.94. The van der Waals surface area contributed by atoms with E-state index in [4.69, 9.17) is 16.8 Å². The molecule has 0 amide bonds. The van der Waals surface area contributed by atoms with E-state index in [9.17, 15) is 4.39 Å². The minimum Gasteiger partial charge on any atom is -0.411 e. The van der Waals surface area contributed by atoms with Crippen molar-refractivity contribution in [1.82, 2.24) is 4.98 Å². The minimum absolute atomic E-state index is 0.104. The van der Waals surface area contributed by atoms with Gasteiger partial charge in [-0.25, -0.2) is 9.37 Å². The lowest BCUT2D eigenvalue weighted by molar-refractivity contribution is 0.321. The minimum atomic E-state index is -0.688. The quantitative estimate of drug-likeness (QED) is 0.305. The van der Waals surface area contributed by atoms with Crippen LogP contribution in [-0.4, -0.2) is 16.4 Å². The number of halogens is 2. The first-order valence-corrected chi connectivity index (χ1v) is 3.11. The molecule has 1 rings (SSSR count). The maximum atomic E-state index is 12.8. The Balaban J connectivity index is 3.16. The first kappa shape index (κ1) is 7.94. The van der Waals surface area contributed by atoms with Gasteiger partial charge in [0.15, 0.2) is 11.0 Å². The predicted octanol–water partition coefficient (Wildman–Crippen LogP) is 1.68. The highest BCUT2D eigenvalue weighted by Gasteiger charge is 2.04. The molecule has 0 saturated heterocycles. The molecule has 0 aromatic carbocycles. The topological polar surface area (TPSA) is 45.5 Å². The van der Waals surface area contributed by atoms with Crippen molar-refractivity contribution in [3.05, 3.63) is 28.8 Å². The molecule has 0 aliphatic carbocycles. The van der Waals surface area contributed by atoms with Gasteiger partial charge in [-0.15, -0.1) is 0 Å². The molecule has 58 valence electrons. The molecule has 11 heavy (non-hydrogen) atoms. The Kier molecular flexibility index (Phi) is 2.38. The van der Waals surface area contributed by atoms with Gasteiger partial charge in [-0.05, 0) is 6.07 Å². The van der Waals surface area contributed by atoms with Crippen molar-refractivity contribution >= 4 is 17.8 Å². The van der Waals surface area contributed by atoms with Gasteiger partial charge in [0.1, 0.15) is 0 Å². The standard InChI is InChI=1S/C6H4ClFN2O/c7-6-5(8)4(3-10-11)1-2-9-6/h1-3,11H/b10-3+. The van der Waals surface area contributed by atoms with E-state index in [0.29, 0.717) is 0 Å². The number of aromatic nitrogens is 1. The van der Waals surface area contributed by atoms with Gasteiger partial charge < -0.3 is 5.21 Å². The third-order valence-corrected chi connectivity index (χ3v) is 1.34. The van der Waals surface area contributed by atoms with Crippen LogP contribution in [0.2, 0.25) is 5.15 Å². The molecule has 0 bridgehead atoms. The van der Waals surface area contributed by atoms with E-state index in [0.717, 1.165) is 6.21 Å². The van der Waals surface area contributed by atoms with E-state index in [1.165, 1.54) is 12.3 Å². The summed E-state index contributed by atoms with van der Waals surface area (Å²) in [6.45, 7) is 0. The van der Waals surface area contributed by atoms with Crippen molar-refractivity contribution in [2.24, 2.45) is 5.16 Å². The van der Waals surface area contributed by atoms with Gasteiger partial charge in [0.05, 0.1) is 6.21 Å². The zero-order valence-electron chi connectivity index (χ0n) is 5.33. The fraction of sp³-hybridized carbons (Fsp3) is 0. The van der Waals surface area contributed by atoms with Gasteiger partial charge in [0.25, 0.3) is 0 Å². The van der Waals surface area contributed by atoms with Gasteiger partial charge in [-0.1, -0.05) is 16.8 Å². The second-order valence-electron chi connectivity index (χ2n) is 1.75. The Hall–Kier alpha value is -1.16. The van der Waals surface area contributed by atoms with Crippen LogP contribution in [0.5, 0.6) is 0 Å². The monoisotopic (exact) mass is 174 g/mol. The van der Waals surface area contributed by atoms with Crippen LogP contribution in [0.25, 0.3) is 0 Å². The highest BCUT2D eigenvalue weighted by atomic mass is 35.5. The van der Waals surface area contributed by atoms with Crippen molar-refractivity contribution in [3.63, 3.8) is 0 Å². The summed E-state index contributed by atoms with van der Waals surface area (Å²) < 4.78 is 12.8. The van der Waals surface area contributed by atoms with Gasteiger partial charge in [-0.3, -0.25) is 0 Å². The summed E-state index contributed by atoms with van der Waals surface area (Å²) in [5, 5.41) is 10.5. The number of nitrogens with zero attached hydrogens (tertiary/aromatic N) is 2. The Morgan fingerprint density at radius 3 is 3.09 bits per heavy atom. The molecule has 0 radical (unpaired) electrons. The van der Waals surface area contributed by atoms with Crippen molar-refractivity contribution < 1.29 is 9.60 Å². The molecule has 3 nitrogen and oxygen atoms in total. The van der Waals surface area contributed by atoms with Crippen molar-refractivity contribution in [2.75, 3.05) is 0 Å². The summed E-state index contributed by atoms with van der Waals surface area (Å²) >= 11 is 5.32. The summed E-state index contributed by atoms with van der Waals surface area (Å²) in [7, 11) is 0. The van der Waals surface area contributed by atoms with Crippen molar-refractivity contribution in [2.45, 2.75) is 0 Å². The molecule has 1 N–H and O–H groups in total. The van der Waals surface area contributed by atoms with Gasteiger partial charge in [0.2, 0.25) is 0 Å². The highest BCUT2D eigenvalue weighted by molar-refractivity contribution is 6.29. The third kappa shape index (κ3) is 1.65. The van der Waals surface area contributed by atoms with Crippen molar-refractivity contribution in [3.8, 4) is 0 Å². The van der Waals surface area contributed by atoms with E-state index in [-0.39, 0.29) is 10.7 Å². The lowest BCUT2D eigenvalue weighted by atomic mass is 10.3. The smallest absolute Gasteiger partial charge is 0.169 e. The van der Waals surface area contributed by atoms with E-state index < -0.39 is 5.82 Å². The summed E-state index contributed by atoms with van der Waals surface area (Å²) in [5.41, 5.74) is 0.104.